The molecule has 3 heteroatoms. The molecule has 1 N–H and O–H groups in total. The summed E-state index contributed by atoms with van der Waals surface area (Å²) in [6, 6.07) is 4.90. The molecule has 80 valence electrons. The summed E-state index contributed by atoms with van der Waals surface area (Å²) in [6.45, 7) is 5.84. The molecule has 0 heterocycles. The van der Waals surface area contributed by atoms with E-state index in [0.29, 0.717) is 6.29 Å². The van der Waals surface area contributed by atoms with Gasteiger partial charge in [0.25, 0.3) is 0 Å². The third-order valence-electron chi connectivity index (χ3n) is 2.26. The van der Waals surface area contributed by atoms with Crippen molar-refractivity contribution in [2.75, 3.05) is 0 Å². The Kier molecular flexibility index (Phi) is 2.93. The third kappa shape index (κ3) is 2.24. The topological polar surface area (TPSA) is 54.4 Å². The van der Waals surface area contributed by atoms with Gasteiger partial charge >= 0.3 is 5.97 Å². The fourth-order valence-corrected chi connectivity index (χ4v) is 1.53. The molecule has 0 fully saturated rings. The maximum Gasteiger partial charge on any atom is 0.336 e. The number of hydrogen-bond donors (Lipinski definition) is 1. The summed E-state index contributed by atoms with van der Waals surface area (Å²) < 4.78 is 0. The lowest BCUT2D eigenvalue weighted by molar-refractivity contribution is 0.0693. The number of rotatable bonds is 2. The van der Waals surface area contributed by atoms with E-state index in [2.05, 4.69) is 0 Å². The van der Waals surface area contributed by atoms with Crippen molar-refractivity contribution in [1.82, 2.24) is 0 Å². The molecule has 0 spiro atoms. The monoisotopic (exact) mass is 206 g/mol. The molecule has 0 amide bonds. The van der Waals surface area contributed by atoms with Gasteiger partial charge in [-0.25, -0.2) is 4.79 Å². The second kappa shape index (κ2) is 3.85. The molecule has 3 nitrogen and oxygen atoms in total. The molecule has 1 aromatic rings. The Balaban J connectivity index is 3.48. The highest BCUT2D eigenvalue weighted by Gasteiger charge is 2.21. The Morgan fingerprint density at radius 3 is 2.33 bits per heavy atom. The molecule has 0 radical (unpaired) electrons. The first-order chi connectivity index (χ1) is 6.88. The van der Waals surface area contributed by atoms with Gasteiger partial charge in [0.05, 0.1) is 5.56 Å². The molecule has 1 rings (SSSR count). The van der Waals surface area contributed by atoms with Gasteiger partial charge in [0, 0.05) is 5.56 Å². The maximum absolute atomic E-state index is 10.9. The molecule has 0 unspecified atom stereocenters. The Morgan fingerprint density at radius 2 is 1.93 bits per heavy atom. The maximum atomic E-state index is 10.9. The van der Waals surface area contributed by atoms with Crippen molar-refractivity contribution in [3.63, 3.8) is 0 Å². The summed E-state index contributed by atoms with van der Waals surface area (Å²) >= 11 is 0. The highest BCUT2D eigenvalue weighted by Crippen LogP contribution is 2.26. The van der Waals surface area contributed by atoms with Crippen molar-refractivity contribution in [3.8, 4) is 0 Å². The van der Waals surface area contributed by atoms with Crippen molar-refractivity contribution < 1.29 is 14.7 Å². The van der Waals surface area contributed by atoms with Gasteiger partial charge in [-0.2, -0.15) is 0 Å². The van der Waals surface area contributed by atoms with Crippen LogP contribution in [0.25, 0.3) is 0 Å². The van der Waals surface area contributed by atoms with Crippen LogP contribution in [-0.4, -0.2) is 17.4 Å². The average Bonchev–Trinajstić information content (AvgIpc) is 2.15. The zero-order chi connectivity index (χ0) is 11.6. The number of hydrogen-bond acceptors (Lipinski definition) is 2. The van der Waals surface area contributed by atoms with Gasteiger partial charge in [-0.05, 0) is 17.0 Å². The van der Waals surface area contributed by atoms with Crippen LogP contribution in [0.15, 0.2) is 18.2 Å². The van der Waals surface area contributed by atoms with Crippen LogP contribution >= 0.6 is 0 Å². The van der Waals surface area contributed by atoms with Crippen LogP contribution in [-0.2, 0) is 5.41 Å². The van der Waals surface area contributed by atoms with E-state index in [4.69, 9.17) is 5.11 Å². The van der Waals surface area contributed by atoms with Crippen LogP contribution in [0.5, 0.6) is 0 Å². The minimum atomic E-state index is -1.07. The summed E-state index contributed by atoms with van der Waals surface area (Å²) in [4.78, 5) is 21.8. The predicted molar refractivity (Wildman–Crippen MR) is 57.5 cm³/mol. The third-order valence-corrected chi connectivity index (χ3v) is 2.26. The van der Waals surface area contributed by atoms with E-state index < -0.39 is 5.97 Å². The Hall–Kier alpha value is -1.64. The number of carbonyl (C=O) groups is 2. The molecule has 0 bridgehead atoms. The van der Waals surface area contributed by atoms with Gasteiger partial charge in [-0.1, -0.05) is 32.9 Å². The SMILES string of the molecule is CC(C)(C)c1cccc(C(=O)O)c1C=O. The van der Waals surface area contributed by atoms with E-state index in [1.54, 1.807) is 12.1 Å². The number of carboxylic acids is 1. The summed E-state index contributed by atoms with van der Waals surface area (Å²) in [5.41, 5.74) is 0.870. The summed E-state index contributed by atoms with van der Waals surface area (Å²) in [7, 11) is 0. The Bertz CT molecular complexity index is 400. The second-order valence-corrected chi connectivity index (χ2v) is 4.44. The highest BCUT2D eigenvalue weighted by molar-refractivity contribution is 5.98. The van der Waals surface area contributed by atoms with E-state index >= 15 is 0 Å². The van der Waals surface area contributed by atoms with E-state index in [1.165, 1.54) is 6.07 Å². The van der Waals surface area contributed by atoms with Gasteiger partial charge in [-0.3, -0.25) is 4.79 Å². The lowest BCUT2D eigenvalue weighted by Crippen LogP contribution is -2.16. The normalized spacial score (nSPS) is 11.1. The summed E-state index contributed by atoms with van der Waals surface area (Å²) in [5.74, 6) is -1.07. The molecule has 15 heavy (non-hydrogen) atoms. The van der Waals surface area contributed by atoms with Crippen LogP contribution in [0.3, 0.4) is 0 Å². The van der Waals surface area contributed by atoms with Crippen molar-refractivity contribution in [1.29, 1.82) is 0 Å². The van der Waals surface area contributed by atoms with Crippen LogP contribution in [0, 0.1) is 0 Å². The predicted octanol–water partition coefficient (Wildman–Crippen LogP) is 2.49. The molecule has 0 saturated heterocycles. The van der Waals surface area contributed by atoms with Gasteiger partial charge in [0.15, 0.2) is 6.29 Å². The lowest BCUT2D eigenvalue weighted by atomic mass is 9.82. The molecule has 0 aliphatic carbocycles. The Labute approximate surface area is 88.7 Å². The first-order valence-electron chi connectivity index (χ1n) is 4.70. The van der Waals surface area contributed by atoms with Gasteiger partial charge < -0.3 is 5.11 Å². The minimum absolute atomic E-state index is 0.0671. The lowest BCUT2D eigenvalue weighted by Gasteiger charge is -2.21. The number of aromatic carboxylic acids is 1. The number of benzene rings is 1. The van der Waals surface area contributed by atoms with Crippen LogP contribution in [0.4, 0.5) is 0 Å². The molecule has 0 aliphatic heterocycles. The van der Waals surface area contributed by atoms with Gasteiger partial charge in [-0.15, -0.1) is 0 Å². The second-order valence-electron chi connectivity index (χ2n) is 4.44. The van der Waals surface area contributed by atoms with Crippen molar-refractivity contribution in [2.24, 2.45) is 0 Å². The molecule has 1 aromatic carbocycles. The van der Waals surface area contributed by atoms with Gasteiger partial charge in [0.1, 0.15) is 0 Å². The van der Waals surface area contributed by atoms with E-state index in [0.717, 1.165) is 5.56 Å². The fourth-order valence-electron chi connectivity index (χ4n) is 1.53. The smallest absolute Gasteiger partial charge is 0.336 e. The molecule has 0 aliphatic rings. The first kappa shape index (κ1) is 11.4. The Morgan fingerprint density at radius 1 is 1.33 bits per heavy atom. The standard InChI is InChI=1S/C12H14O3/c1-12(2,3)10-6-4-5-8(11(14)15)9(10)7-13/h4-7H,1-3H3,(H,14,15). The van der Waals surface area contributed by atoms with Crippen LogP contribution < -0.4 is 0 Å². The van der Waals surface area contributed by atoms with E-state index in [1.807, 2.05) is 20.8 Å². The molecule has 0 atom stereocenters. The molecular weight excluding hydrogens is 192 g/mol. The summed E-state index contributed by atoms with van der Waals surface area (Å²) in [6.07, 6.45) is 0.615. The average molecular weight is 206 g/mol. The molecule has 0 aromatic heterocycles. The molecular formula is C12H14O3. The zero-order valence-corrected chi connectivity index (χ0v) is 9.07. The van der Waals surface area contributed by atoms with E-state index in [-0.39, 0.29) is 16.5 Å². The largest absolute Gasteiger partial charge is 0.478 e. The quantitative estimate of drug-likeness (QED) is 0.756. The minimum Gasteiger partial charge on any atom is -0.478 e. The number of carbonyl (C=O) groups excluding carboxylic acids is 1. The van der Waals surface area contributed by atoms with Gasteiger partial charge in [0.2, 0.25) is 0 Å². The van der Waals surface area contributed by atoms with Crippen LogP contribution in [0.1, 0.15) is 47.1 Å². The summed E-state index contributed by atoms with van der Waals surface area (Å²) in [5, 5.41) is 8.93. The van der Waals surface area contributed by atoms with Crippen LogP contribution in [0.2, 0.25) is 0 Å². The number of carboxylic acid groups (broad SMARTS) is 1. The zero-order valence-electron chi connectivity index (χ0n) is 9.07. The first-order valence-corrected chi connectivity index (χ1v) is 4.70. The number of aldehydes is 1. The van der Waals surface area contributed by atoms with Crippen molar-refractivity contribution >= 4 is 12.3 Å². The fraction of sp³-hybridized carbons (Fsp3) is 0.333. The molecule has 0 saturated carbocycles. The van der Waals surface area contributed by atoms with Crippen molar-refractivity contribution in [3.05, 3.63) is 34.9 Å². The van der Waals surface area contributed by atoms with Crippen molar-refractivity contribution in [2.45, 2.75) is 26.2 Å². The highest BCUT2D eigenvalue weighted by atomic mass is 16.4. The van der Waals surface area contributed by atoms with E-state index in [9.17, 15) is 9.59 Å².